The predicted octanol–water partition coefficient (Wildman–Crippen LogP) is 10.3. The molecule has 4 unspecified atom stereocenters. The van der Waals surface area contributed by atoms with Gasteiger partial charge in [0.2, 0.25) is 0 Å². The van der Waals surface area contributed by atoms with Gasteiger partial charge >= 0.3 is 23.7 Å². The first-order valence-corrected chi connectivity index (χ1v) is 16.0. The Morgan fingerprint density at radius 1 is 0.500 bits per heavy atom. The monoisotopic (exact) mass is 550 g/mol. The van der Waals surface area contributed by atoms with Gasteiger partial charge in [-0.3, -0.25) is 0 Å². The first-order chi connectivity index (χ1) is 17.3. The molecule has 0 aliphatic rings. The number of rotatable bonds is 18. The molecule has 0 fully saturated rings. The van der Waals surface area contributed by atoms with Crippen LogP contribution in [0.2, 0.25) is 0 Å². The number of aliphatic hydroxyl groups excluding tert-OH is 2. The van der Waals surface area contributed by atoms with Crippen molar-refractivity contribution in [2.24, 2.45) is 23.7 Å². The van der Waals surface area contributed by atoms with Gasteiger partial charge in [-0.15, -0.1) is 0 Å². The Labute approximate surface area is 242 Å². The molecular weight excluding hydrogens is 480 g/mol. The summed E-state index contributed by atoms with van der Waals surface area (Å²) in [6, 6.07) is 0. The zero-order valence-electron chi connectivity index (χ0n) is 26.3. The Morgan fingerprint density at radius 2 is 0.750 bits per heavy atom. The van der Waals surface area contributed by atoms with Crippen molar-refractivity contribution in [2.45, 2.75) is 158 Å². The third-order valence-electron chi connectivity index (χ3n) is 6.69. The zero-order chi connectivity index (χ0) is 29.0. The minimum absolute atomic E-state index is 0.372. The number of aliphatic hydroxyl groups is 2. The second-order valence-corrected chi connectivity index (χ2v) is 10.0. The molecule has 0 spiro atoms. The Balaban J connectivity index is -0.000000116. The molecule has 0 bridgehead atoms. The number of unbranched alkanes of at least 4 members (excludes halogenated alkanes) is 4. The molecule has 0 saturated carbocycles. The van der Waals surface area contributed by atoms with Gasteiger partial charge in [0.15, 0.2) is 0 Å². The van der Waals surface area contributed by atoms with Crippen LogP contribution in [0.25, 0.3) is 0 Å². The molecule has 3 nitrogen and oxygen atoms in total. The van der Waals surface area contributed by atoms with Crippen LogP contribution in [-0.2, 0) is 23.7 Å². The van der Waals surface area contributed by atoms with Crippen LogP contribution in [0.4, 0.5) is 0 Å². The van der Waals surface area contributed by atoms with Crippen LogP contribution in [-0.4, -0.2) is 23.4 Å². The fraction of sp³-hybridized carbons (Fsp3) is 0.938. The molecular formula is C32H70O3Ti. The molecule has 36 heavy (non-hydrogen) atoms. The Kier molecular flexibility index (Phi) is 58.3. The fourth-order valence-electron chi connectivity index (χ4n) is 3.23. The molecule has 220 valence electrons. The van der Waals surface area contributed by atoms with Crippen molar-refractivity contribution in [2.75, 3.05) is 13.2 Å². The minimum atomic E-state index is 0.372. The van der Waals surface area contributed by atoms with E-state index in [1.807, 2.05) is 0 Å². The van der Waals surface area contributed by atoms with Gasteiger partial charge in [-0.25, -0.2) is 0 Å². The fourth-order valence-corrected chi connectivity index (χ4v) is 3.23. The summed E-state index contributed by atoms with van der Waals surface area (Å²) in [5.74, 6) is 2.53. The third-order valence-corrected chi connectivity index (χ3v) is 6.69. The van der Waals surface area contributed by atoms with E-state index in [1.54, 1.807) is 0 Å². The van der Waals surface area contributed by atoms with Crippen molar-refractivity contribution >= 4 is 0 Å². The summed E-state index contributed by atoms with van der Waals surface area (Å²) in [6.07, 6.45) is 20.1. The maximum atomic E-state index is 8.75. The van der Waals surface area contributed by atoms with E-state index in [0.29, 0.717) is 36.9 Å². The molecule has 0 amide bonds. The van der Waals surface area contributed by atoms with E-state index in [0.717, 1.165) is 33.2 Å². The summed E-state index contributed by atoms with van der Waals surface area (Å²) < 4.78 is 8.25. The van der Waals surface area contributed by atoms with Gasteiger partial charge in [0, 0.05) is 13.2 Å². The summed E-state index contributed by atoms with van der Waals surface area (Å²) in [6.45, 7) is 26.2. The van der Waals surface area contributed by atoms with Crippen LogP contribution in [0.1, 0.15) is 158 Å². The number of hydrogen-bond donors (Lipinski definition) is 2. The average Bonchev–Trinajstić information content (AvgIpc) is 2.93. The van der Waals surface area contributed by atoms with Gasteiger partial charge in [0.05, 0.1) is 0 Å². The molecule has 0 saturated heterocycles. The van der Waals surface area contributed by atoms with Gasteiger partial charge < -0.3 is 24.1 Å². The topological polar surface area (TPSA) is 57.5 Å². The van der Waals surface area contributed by atoms with E-state index < -0.39 is 0 Å². The van der Waals surface area contributed by atoms with E-state index in [-0.39, 0.29) is 0 Å². The molecule has 0 radical (unpaired) electrons. The molecule has 0 heterocycles. The van der Waals surface area contributed by atoms with E-state index >= 15 is 0 Å². The molecule has 0 aromatic heterocycles. The molecule has 4 heteroatoms. The van der Waals surface area contributed by atoms with Gasteiger partial charge in [-0.2, -0.15) is 11.8 Å². The number of hydrogen-bond acceptors (Lipinski definition) is 3. The summed E-state index contributed by atoms with van der Waals surface area (Å²) >= 11 is 0.750. The second-order valence-electron chi connectivity index (χ2n) is 10.0. The van der Waals surface area contributed by atoms with E-state index in [1.165, 1.54) is 89.9 Å². The van der Waals surface area contributed by atoms with Crippen molar-refractivity contribution < 1.29 is 33.9 Å². The summed E-state index contributed by atoms with van der Waals surface area (Å²) in [5.41, 5.74) is 0. The van der Waals surface area contributed by atoms with Gasteiger partial charge in [0.25, 0.3) is 0 Å². The molecule has 0 aromatic carbocycles. The van der Waals surface area contributed by atoms with Gasteiger partial charge in [-0.1, -0.05) is 145 Å². The van der Waals surface area contributed by atoms with Crippen LogP contribution in [0, 0.1) is 37.5 Å². The Morgan fingerprint density at radius 3 is 0.917 bits per heavy atom. The van der Waals surface area contributed by atoms with Crippen LogP contribution >= 0.6 is 0 Å². The van der Waals surface area contributed by atoms with Gasteiger partial charge in [0.1, 0.15) is 0 Å². The summed E-state index contributed by atoms with van der Waals surface area (Å²) in [5, 5.41) is 17.5. The Hall–Kier alpha value is 0.434. The molecule has 4 atom stereocenters. The molecule has 0 aliphatic heterocycles. The van der Waals surface area contributed by atoms with Crippen molar-refractivity contribution in [3.8, 4) is 0 Å². The van der Waals surface area contributed by atoms with Crippen LogP contribution in [0.5, 0.6) is 0 Å². The molecule has 2 N–H and O–H groups in total. The summed E-state index contributed by atoms with van der Waals surface area (Å²) in [7, 11) is 0. The molecule has 0 aromatic rings. The average molecular weight is 551 g/mol. The van der Waals surface area contributed by atoms with Crippen molar-refractivity contribution in [1.29, 1.82) is 0 Å². The van der Waals surface area contributed by atoms with Gasteiger partial charge in [-0.05, 0) is 24.7 Å². The summed E-state index contributed by atoms with van der Waals surface area (Å²) in [4.78, 5) is 0. The quantitative estimate of drug-likeness (QED) is 0.132. The van der Waals surface area contributed by atoms with Crippen LogP contribution in [0.3, 0.4) is 0 Å². The SMILES string of the molecule is CCCCC(CC)CO.CCCCC(CC)CO.[CH2-]C(CC)CCCC.[CH2-]C(CC)CCCC.[O]=[Ti+2]. The first-order valence-electron chi connectivity index (χ1n) is 15.4. The second kappa shape index (κ2) is 45.4. The van der Waals surface area contributed by atoms with Crippen molar-refractivity contribution in [3.05, 3.63) is 13.8 Å². The van der Waals surface area contributed by atoms with Crippen molar-refractivity contribution in [1.82, 2.24) is 0 Å². The predicted molar refractivity (Wildman–Crippen MR) is 159 cm³/mol. The first kappa shape index (κ1) is 46.3. The normalized spacial score (nSPS) is 13.2. The Bertz CT molecular complexity index is 291. The molecule has 0 aliphatic carbocycles. The maximum absolute atomic E-state index is 8.75. The van der Waals surface area contributed by atoms with E-state index in [2.05, 4.69) is 69.2 Å². The van der Waals surface area contributed by atoms with E-state index in [9.17, 15) is 0 Å². The van der Waals surface area contributed by atoms with Crippen LogP contribution < -0.4 is 0 Å². The van der Waals surface area contributed by atoms with E-state index in [4.69, 9.17) is 13.5 Å². The standard InChI is InChI=1S/2C8H18O.2C8H17.O.Ti/c2*1-3-5-6-8(4-2)7-9;2*1-4-6-7-8(3)5-2;;/h2*8-9H,3-7H2,1-2H3;2*8H,3-7H2,1-2H3;;/q;;2*-1;;+2. The zero-order valence-corrected chi connectivity index (χ0v) is 27.8. The van der Waals surface area contributed by atoms with Crippen molar-refractivity contribution in [3.63, 3.8) is 0 Å². The van der Waals surface area contributed by atoms with Crippen LogP contribution in [0.15, 0.2) is 0 Å². The molecule has 0 rings (SSSR count). The third kappa shape index (κ3) is 47.6.